The van der Waals surface area contributed by atoms with E-state index in [0.29, 0.717) is 18.6 Å². The maximum absolute atomic E-state index is 11.1. The Kier molecular flexibility index (Phi) is 5.18. The predicted molar refractivity (Wildman–Crippen MR) is 81.3 cm³/mol. The monoisotopic (exact) mass is 275 g/mol. The highest BCUT2D eigenvalue weighted by molar-refractivity contribution is 5.75. The largest absolute Gasteiger partial charge is 0.490 e. The third-order valence-electron chi connectivity index (χ3n) is 4.01. The van der Waals surface area contributed by atoms with E-state index < -0.39 is 0 Å². The van der Waals surface area contributed by atoms with Crippen LogP contribution in [0.15, 0.2) is 18.2 Å². The molecule has 110 valence electrons. The van der Waals surface area contributed by atoms with Gasteiger partial charge in [-0.15, -0.1) is 0 Å². The zero-order valence-electron chi connectivity index (χ0n) is 12.7. The Morgan fingerprint density at radius 1 is 1.30 bits per heavy atom. The Morgan fingerprint density at radius 3 is 2.60 bits per heavy atom. The van der Waals surface area contributed by atoms with E-state index in [2.05, 4.69) is 30.4 Å². The number of hydrogen-bond donors (Lipinski definition) is 1. The lowest BCUT2D eigenvalue weighted by Gasteiger charge is -2.35. The lowest BCUT2D eigenvalue weighted by Crippen LogP contribution is -2.45. The normalized spacial score (nSPS) is 21.4. The molecule has 3 heteroatoms. The number of ketones is 1. The predicted octanol–water partition coefficient (Wildman–Crippen LogP) is 2.90. The first-order chi connectivity index (χ1) is 9.60. The van der Waals surface area contributed by atoms with Crippen LogP contribution in [0.25, 0.3) is 0 Å². The molecule has 1 aliphatic carbocycles. The summed E-state index contributed by atoms with van der Waals surface area (Å²) in [6.07, 6.45) is 4.90. The summed E-state index contributed by atoms with van der Waals surface area (Å²) in [5.74, 6) is 1.20. The molecule has 0 aliphatic heterocycles. The third kappa shape index (κ3) is 4.07. The quantitative estimate of drug-likeness (QED) is 0.831. The summed E-state index contributed by atoms with van der Waals surface area (Å²) < 4.78 is 6.05. The molecule has 0 atom stereocenters. The molecule has 1 saturated carbocycles. The van der Waals surface area contributed by atoms with Crippen molar-refractivity contribution < 1.29 is 9.53 Å². The summed E-state index contributed by atoms with van der Waals surface area (Å²) in [6.45, 7) is 3.79. The second-order valence-electron chi connectivity index (χ2n) is 5.74. The first-order valence-corrected chi connectivity index (χ1v) is 7.57. The van der Waals surface area contributed by atoms with Crippen molar-refractivity contribution in [2.75, 3.05) is 7.05 Å². The molecule has 0 aromatic heterocycles. The maximum Gasteiger partial charge on any atom is 0.130 e. The first kappa shape index (κ1) is 15.0. The van der Waals surface area contributed by atoms with Crippen molar-refractivity contribution in [1.82, 2.24) is 5.32 Å². The van der Waals surface area contributed by atoms with Crippen LogP contribution >= 0.6 is 0 Å². The van der Waals surface area contributed by atoms with E-state index in [1.54, 1.807) is 6.92 Å². The molecule has 0 saturated heterocycles. The van der Waals surface area contributed by atoms with Crippen LogP contribution < -0.4 is 10.1 Å². The Morgan fingerprint density at radius 2 is 2.00 bits per heavy atom. The summed E-state index contributed by atoms with van der Waals surface area (Å²) in [5.41, 5.74) is 2.49. The van der Waals surface area contributed by atoms with Gasteiger partial charge in [-0.3, -0.25) is 0 Å². The summed E-state index contributed by atoms with van der Waals surface area (Å²) in [5, 5.41) is 3.27. The Labute approximate surface area is 121 Å². The first-order valence-electron chi connectivity index (χ1n) is 7.57. The highest BCUT2D eigenvalue weighted by atomic mass is 16.5. The number of hydrogen-bond acceptors (Lipinski definition) is 3. The number of Topliss-reactive ketones (excluding diaryl/α,β-unsaturated/α-hetero) is 1. The van der Waals surface area contributed by atoms with Gasteiger partial charge in [-0.05, 0) is 62.9 Å². The van der Waals surface area contributed by atoms with Crippen molar-refractivity contribution in [3.63, 3.8) is 0 Å². The Bertz CT molecular complexity index is 464. The van der Waals surface area contributed by atoms with Gasteiger partial charge in [0.15, 0.2) is 0 Å². The van der Waals surface area contributed by atoms with E-state index in [-0.39, 0.29) is 5.78 Å². The lowest BCUT2D eigenvalue weighted by molar-refractivity contribution is -0.116. The highest BCUT2D eigenvalue weighted by Crippen LogP contribution is 2.27. The van der Waals surface area contributed by atoms with Gasteiger partial charge in [0.1, 0.15) is 17.6 Å². The minimum atomic E-state index is 0.241. The number of aryl methyl sites for hydroxylation is 2. The molecule has 0 heterocycles. The number of benzene rings is 1. The zero-order valence-corrected chi connectivity index (χ0v) is 12.7. The van der Waals surface area contributed by atoms with Crippen molar-refractivity contribution in [2.45, 2.75) is 58.1 Å². The van der Waals surface area contributed by atoms with Gasteiger partial charge < -0.3 is 14.8 Å². The molecule has 1 aliphatic rings. The van der Waals surface area contributed by atoms with Crippen LogP contribution in [0.2, 0.25) is 0 Å². The molecule has 0 amide bonds. The average Bonchev–Trinajstić information content (AvgIpc) is 2.39. The minimum Gasteiger partial charge on any atom is -0.490 e. The van der Waals surface area contributed by atoms with Crippen LogP contribution in [0, 0.1) is 0 Å². The summed E-state index contributed by atoms with van der Waals surface area (Å²) in [4.78, 5) is 11.1. The van der Waals surface area contributed by atoms with Crippen molar-refractivity contribution in [3.8, 4) is 5.75 Å². The van der Waals surface area contributed by atoms with Crippen LogP contribution in [0.3, 0.4) is 0 Å². The molecule has 0 bridgehead atoms. The molecule has 0 spiro atoms. The van der Waals surface area contributed by atoms with E-state index in [1.165, 1.54) is 11.1 Å². The molecule has 1 fully saturated rings. The number of carbonyl (C=O) groups is 1. The van der Waals surface area contributed by atoms with Gasteiger partial charge in [-0.1, -0.05) is 13.0 Å². The smallest absolute Gasteiger partial charge is 0.130 e. The van der Waals surface area contributed by atoms with Crippen LogP contribution in [0.5, 0.6) is 5.75 Å². The third-order valence-corrected chi connectivity index (χ3v) is 4.01. The minimum absolute atomic E-state index is 0.241. The van der Waals surface area contributed by atoms with Crippen molar-refractivity contribution in [3.05, 3.63) is 29.3 Å². The van der Waals surface area contributed by atoms with Gasteiger partial charge in [0, 0.05) is 12.5 Å². The SMILES string of the molecule is CCc1cc(CCC(C)=O)cc(O[C@H]2C[C@H](NC)C2)c1. The molecule has 3 nitrogen and oxygen atoms in total. The van der Waals surface area contributed by atoms with Gasteiger partial charge >= 0.3 is 0 Å². The molecule has 20 heavy (non-hydrogen) atoms. The lowest BCUT2D eigenvalue weighted by atomic mass is 9.89. The summed E-state index contributed by atoms with van der Waals surface area (Å²) in [7, 11) is 2.00. The highest BCUT2D eigenvalue weighted by Gasteiger charge is 2.29. The van der Waals surface area contributed by atoms with Crippen LogP contribution in [0.4, 0.5) is 0 Å². The van der Waals surface area contributed by atoms with Crippen LogP contribution in [0.1, 0.15) is 44.2 Å². The molecule has 1 N–H and O–H groups in total. The number of ether oxygens (including phenoxy) is 1. The van der Waals surface area contributed by atoms with E-state index in [9.17, 15) is 4.79 Å². The molecular formula is C17H25NO2. The fraction of sp³-hybridized carbons (Fsp3) is 0.588. The summed E-state index contributed by atoms with van der Waals surface area (Å²) in [6, 6.07) is 7.01. The Hall–Kier alpha value is -1.35. The maximum atomic E-state index is 11.1. The fourth-order valence-electron chi connectivity index (χ4n) is 2.56. The molecule has 2 rings (SSSR count). The van der Waals surface area contributed by atoms with E-state index in [1.807, 2.05) is 7.05 Å². The van der Waals surface area contributed by atoms with E-state index in [0.717, 1.165) is 31.4 Å². The second-order valence-corrected chi connectivity index (χ2v) is 5.74. The average molecular weight is 275 g/mol. The van der Waals surface area contributed by atoms with Crippen molar-refractivity contribution in [1.29, 1.82) is 0 Å². The van der Waals surface area contributed by atoms with Gasteiger partial charge in [0.25, 0.3) is 0 Å². The van der Waals surface area contributed by atoms with E-state index >= 15 is 0 Å². The molecule has 1 aromatic carbocycles. The molecular weight excluding hydrogens is 250 g/mol. The molecule has 1 aromatic rings. The topological polar surface area (TPSA) is 38.3 Å². The van der Waals surface area contributed by atoms with Gasteiger partial charge in [0.2, 0.25) is 0 Å². The van der Waals surface area contributed by atoms with Crippen LogP contribution in [-0.4, -0.2) is 25.0 Å². The van der Waals surface area contributed by atoms with Gasteiger partial charge in [-0.2, -0.15) is 0 Å². The van der Waals surface area contributed by atoms with E-state index in [4.69, 9.17) is 4.74 Å². The molecule has 0 radical (unpaired) electrons. The van der Waals surface area contributed by atoms with Crippen molar-refractivity contribution in [2.24, 2.45) is 0 Å². The number of rotatable bonds is 7. The number of carbonyl (C=O) groups excluding carboxylic acids is 1. The zero-order chi connectivity index (χ0) is 14.5. The summed E-state index contributed by atoms with van der Waals surface area (Å²) >= 11 is 0. The fourth-order valence-corrected chi connectivity index (χ4v) is 2.56. The standard InChI is InChI=1S/C17H25NO2/c1-4-13-7-14(6-5-12(2)19)9-16(8-13)20-17-10-15(11-17)18-3/h7-9,15,17-18H,4-6,10-11H2,1-3H3/t15-,17-. The van der Waals surface area contributed by atoms with Crippen LogP contribution in [-0.2, 0) is 17.6 Å². The van der Waals surface area contributed by atoms with Gasteiger partial charge in [0.05, 0.1) is 0 Å². The Balaban J connectivity index is 2.00. The number of nitrogens with one attached hydrogen (secondary N) is 1. The van der Waals surface area contributed by atoms with Crippen molar-refractivity contribution >= 4 is 5.78 Å². The molecule has 0 unspecified atom stereocenters. The van der Waals surface area contributed by atoms with Gasteiger partial charge in [-0.25, -0.2) is 0 Å². The second kappa shape index (κ2) is 6.89.